The molecule has 4 heteroatoms. The molecule has 1 aliphatic rings. The molecule has 0 aliphatic carbocycles. The van der Waals surface area contributed by atoms with Gasteiger partial charge in [-0.3, -0.25) is 0 Å². The quantitative estimate of drug-likeness (QED) is 0.755. The van der Waals surface area contributed by atoms with Gasteiger partial charge in [0.1, 0.15) is 5.82 Å². The average molecular weight is 314 g/mol. The van der Waals surface area contributed by atoms with Crippen LogP contribution in [-0.2, 0) is 17.4 Å². The Bertz CT molecular complexity index is 767. The Hall–Kier alpha value is -1.94. The van der Waals surface area contributed by atoms with E-state index in [-0.39, 0.29) is 16.7 Å². The Kier molecular flexibility index (Phi) is 4.12. The van der Waals surface area contributed by atoms with Gasteiger partial charge in [0, 0.05) is 6.26 Å². The molecule has 0 spiro atoms. The lowest BCUT2D eigenvalue weighted by atomic mass is 10.0. The lowest BCUT2D eigenvalue weighted by Crippen LogP contribution is -2.26. The topological polar surface area (TPSA) is 15.6 Å². The lowest BCUT2D eigenvalue weighted by molar-refractivity contribution is 0.628. The maximum absolute atomic E-state index is 13.5. The van der Waals surface area contributed by atoms with Crippen LogP contribution in [0.2, 0.25) is 0 Å². The van der Waals surface area contributed by atoms with Crippen molar-refractivity contribution in [1.82, 2.24) is 0 Å². The number of hydrogen-bond acceptors (Lipinski definition) is 2. The first-order chi connectivity index (χ1) is 10.6. The monoisotopic (exact) mass is 314 g/mol. The molecule has 1 unspecified atom stereocenters. The summed E-state index contributed by atoms with van der Waals surface area (Å²) in [4.78, 5) is 0. The van der Waals surface area contributed by atoms with Gasteiger partial charge in [0.15, 0.2) is 0 Å². The van der Waals surface area contributed by atoms with Crippen molar-refractivity contribution in [2.24, 2.45) is 4.36 Å². The summed E-state index contributed by atoms with van der Waals surface area (Å²) in [5, 5.41) is 0. The van der Waals surface area contributed by atoms with E-state index in [2.05, 4.69) is 42.3 Å². The Morgan fingerprint density at radius 2 is 2.14 bits per heavy atom. The average Bonchev–Trinajstić information content (AvgIpc) is 2.52. The molecule has 114 valence electrons. The second kappa shape index (κ2) is 6.05. The van der Waals surface area contributed by atoms with E-state index >= 15 is 0 Å². The predicted octanol–water partition coefficient (Wildman–Crippen LogP) is 5.25. The molecule has 22 heavy (non-hydrogen) atoms. The zero-order chi connectivity index (χ0) is 15.7. The second-order valence-electron chi connectivity index (χ2n) is 5.36. The summed E-state index contributed by atoms with van der Waals surface area (Å²) < 4.78 is 20.4. The van der Waals surface area contributed by atoms with Crippen molar-refractivity contribution in [2.75, 3.05) is 10.6 Å². The van der Waals surface area contributed by atoms with Gasteiger partial charge in [-0.1, -0.05) is 31.7 Å². The Labute approximate surface area is 133 Å². The zero-order valence-electron chi connectivity index (χ0n) is 12.8. The van der Waals surface area contributed by atoms with E-state index in [1.807, 2.05) is 6.07 Å². The van der Waals surface area contributed by atoms with Crippen LogP contribution >= 0.6 is 0 Å². The second-order valence-corrected chi connectivity index (χ2v) is 6.87. The van der Waals surface area contributed by atoms with Crippen LogP contribution in [0.15, 0.2) is 53.4 Å². The van der Waals surface area contributed by atoms with Crippen molar-refractivity contribution in [2.45, 2.75) is 19.9 Å². The molecule has 1 heterocycles. The molecule has 0 fully saturated rings. The van der Waals surface area contributed by atoms with E-state index in [4.69, 9.17) is 4.36 Å². The first-order valence-electron chi connectivity index (χ1n) is 7.30. The van der Waals surface area contributed by atoms with E-state index in [1.165, 1.54) is 11.6 Å². The van der Waals surface area contributed by atoms with Gasteiger partial charge in [-0.2, -0.15) is 0 Å². The van der Waals surface area contributed by atoms with E-state index in [1.54, 1.807) is 12.1 Å². The highest BCUT2D eigenvalue weighted by atomic mass is 32.2. The summed E-state index contributed by atoms with van der Waals surface area (Å²) in [6, 6.07) is 13.0. The number of hydrogen-bond donors (Lipinski definition) is 0. The number of allylic oxidation sites excluding steroid dienone is 1. The van der Waals surface area contributed by atoms with Gasteiger partial charge < -0.3 is 4.31 Å². The third kappa shape index (κ3) is 2.83. The highest BCUT2D eigenvalue weighted by molar-refractivity contribution is 7.88. The molecule has 3 rings (SSSR count). The fourth-order valence-electron chi connectivity index (χ4n) is 2.52. The highest BCUT2D eigenvalue weighted by Gasteiger charge is 2.18. The molecule has 0 amide bonds. The molecule has 0 N–H and O–H groups in total. The zero-order valence-corrected chi connectivity index (χ0v) is 13.7. The molecular weight excluding hydrogens is 295 g/mol. The third-order valence-electron chi connectivity index (χ3n) is 3.88. The molecule has 2 aromatic carbocycles. The fraction of sp³-hybridized carbons (Fsp3) is 0.222. The number of anilines is 1. The van der Waals surface area contributed by atoms with Crippen LogP contribution in [0.1, 0.15) is 24.5 Å². The van der Waals surface area contributed by atoms with Gasteiger partial charge in [-0.05, 0) is 58.3 Å². The molecule has 0 aromatic heterocycles. The van der Waals surface area contributed by atoms with Crippen LogP contribution in [0.3, 0.4) is 0 Å². The van der Waals surface area contributed by atoms with E-state index in [9.17, 15) is 4.39 Å². The summed E-state index contributed by atoms with van der Waals surface area (Å²) in [5.74, 6) is -0.213. The van der Waals surface area contributed by atoms with Gasteiger partial charge >= 0.3 is 0 Å². The summed E-state index contributed by atoms with van der Waals surface area (Å²) >= 11 is 0. The van der Waals surface area contributed by atoms with Crippen molar-refractivity contribution in [1.29, 1.82) is 0 Å². The molecular formula is C18H19FN2S. The van der Waals surface area contributed by atoms with Gasteiger partial charge in [0.25, 0.3) is 0 Å². The summed E-state index contributed by atoms with van der Waals surface area (Å²) in [6.45, 7) is 6.95. The number of nitrogens with zero attached hydrogens (tertiary/aromatic N) is 2. The van der Waals surface area contributed by atoms with Crippen LogP contribution in [-0.4, -0.2) is 6.26 Å². The predicted molar refractivity (Wildman–Crippen MR) is 93.7 cm³/mol. The molecule has 0 radical (unpaired) electrons. The Balaban J connectivity index is 1.97. The smallest absolute Gasteiger partial charge is 0.125 e. The van der Waals surface area contributed by atoms with E-state index in [0.717, 1.165) is 35.5 Å². The maximum Gasteiger partial charge on any atom is 0.125 e. The molecule has 0 saturated carbocycles. The van der Waals surface area contributed by atoms with Crippen molar-refractivity contribution >= 4 is 27.8 Å². The first kappa shape index (κ1) is 15.0. The standard InChI is InChI=1S/C18H19FN2S/c1-4-13(2)14-8-9-15-12-21(22(3)20-18(15)10-14)17-7-5-6-16(19)11-17/h5-11H,2,4,12H2,1,3H3. The summed E-state index contributed by atoms with van der Waals surface area (Å²) in [7, 11) is -0.310. The maximum atomic E-state index is 13.5. The van der Waals surface area contributed by atoms with Crippen LogP contribution in [0.4, 0.5) is 15.8 Å². The van der Waals surface area contributed by atoms with Crippen LogP contribution in [0, 0.1) is 5.82 Å². The SMILES string of the molecule is C=C(CC)c1ccc2c(c1)N=S(C)N(c1cccc(F)c1)C2. The third-order valence-corrected chi connectivity index (χ3v) is 5.32. The Morgan fingerprint density at radius 3 is 2.86 bits per heavy atom. The molecule has 0 saturated heterocycles. The molecule has 0 bridgehead atoms. The van der Waals surface area contributed by atoms with E-state index < -0.39 is 0 Å². The minimum Gasteiger partial charge on any atom is -0.303 e. The number of rotatable bonds is 3. The Morgan fingerprint density at radius 1 is 1.32 bits per heavy atom. The molecule has 2 nitrogen and oxygen atoms in total. The van der Waals surface area contributed by atoms with Crippen LogP contribution in [0.5, 0.6) is 0 Å². The fourth-order valence-corrected chi connectivity index (χ4v) is 3.82. The summed E-state index contributed by atoms with van der Waals surface area (Å²) in [6.07, 6.45) is 3.00. The van der Waals surface area contributed by atoms with Crippen molar-refractivity contribution in [3.8, 4) is 0 Å². The van der Waals surface area contributed by atoms with Crippen molar-refractivity contribution in [3.63, 3.8) is 0 Å². The normalized spacial score (nSPS) is 16.9. The van der Waals surface area contributed by atoms with Gasteiger partial charge in [0.2, 0.25) is 0 Å². The number of benzene rings is 2. The van der Waals surface area contributed by atoms with Gasteiger partial charge in [-0.25, -0.2) is 8.75 Å². The summed E-state index contributed by atoms with van der Waals surface area (Å²) in [5.41, 5.74) is 5.36. The number of halogens is 1. The minimum absolute atomic E-state index is 0.213. The molecule has 2 aromatic rings. The van der Waals surface area contributed by atoms with Gasteiger partial charge in [-0.15, -0.1) is 0 Å². The molecule has 1 aliphatic heterocycles. The molecule has 1 atom stereocenters. The van der Waals surface area contributed by atoms with Crippen molar-refractivity contribution < 1.29 is 4.39 Å². The first-order valence-corrected chi connectivity index (χ1v) is 8.85. The highest BCUT2D eigenvalue weighted by Crippen LogP contribution is 2.33. The van der Waals surface area contributed by atoms with Crippen LogP contribution in [0.25, 0.3) is 5.57 Å². The van der Waals surface area contributed by atoms with Gasteiger partial charge in [0.05, 0.1) is 17.9 Å². The van der Waals surface area contributed by atoms with Crippen LogP contribution < -0.4 is 4.31 Å². The largest absolute Gasteiger partial charge is 0.303 e. The van der Waals surface area contributed by atoms with Crippen molar-refractivity contribution in [3.05, 3.63) is 66.0 Å². The number of fused-ring (bicyclic) bond motifs is 1. The lowest BCUT2D eigenvalue weighted by Gasteiger charge is -2.29. The van der Waals surface area contributed by atoms with E-state index in [0.29, 0.717) is 0 Å². The minimum atomic E-state index is -0.310.